The summed E-state index contributed by atoms with van der Waals surface area (Å²) >= 11 is 12.4. The maximum atomic E-state index is 13.8. The third kappa shape index (κ3) is 6.67. The molecule has 1 atom stereocenters. The van der Waals surface area contributed by atoms with Crippen molar-refractivity contribution in [2.45, 2.75) is 25.8 Å². The predicted octanol–water partition coefficient (Wildman–Crippen LogP) is 5.64. The molecule has 2 aliphatic heterocycles. The van der Waals surface area contributed by atoms with E-state index in [0.29, 0.717) is 23.0 Å². The third-order valence-electron chi connectivity index (χ3n) is 7.54. The Morgan fingerprint density at radius 2 is 1.71 bits per heavy atom. The first-order chi connectivity index (χ1) is 19.7. The lowest BCUT2D eigenvalue weighted by atomic mass is 9.98. The molecule has 0 bridgehead atoms. The highest BCUT2D eigenvalue weighted by Crippen LogP contribution is 2.39. The van der Waals surface area contributed by atoms with Crippen LogP contribution in [0.4, 0.5) is 11.4 Å². The molecule has 3 aromatic rings. The van der Waals surface area contributed by atoms with Crippen LogP contribution in [0.5, 0.6) is 5.75 Å². The minimum absolute atomic E-state index is 0.119. The number of halogens is 2. The van der Waals surface area contributed by atoms with Gasteiger partial charge in [0, 0.05) is 32.3 Å². The number of carbonyl (C=O) groups is 3. The number of likely N-dealkylation sites (N-methyl/N-ethyl adjacent to an activating group) is 1. The van der Waals surface area contributed by atoms with Crippen LogP contribution in [0, 0.1) is 0 Å². The number of nitrogens with one attached hydrogen (secondary N) is 1. The number of likely N-dealkylation sites (tertiary alicyclic amines) is 1. The molecule has 10 heteroatoms. The fraction of sp³-hybridized carbons (Fsp3) is 0.323. The van der Waals surface area contributed by atoms with Crippen LogP contribution in [0.2, 0.25) is 10.0 Å². The summed E-state index contributed by atoms with van der Waals surface area (Å²) in [6, 6.07) is 18.7. The maximum absolute atomic E-state index is 13.8. The topological polar surface area (TPSA) is 82.2 Å². The molecule has 2 heterocycles. The van der Waals surface area contributed by atoms with Crippen molar-refractivity contribution >= 4 is 52.3 Å². The zero-order valence-electron chi connectivity index (χ0n) is 23.0. The van der Waals surface area contributed by atoms with Gasteiger partial charge in [-0.1, -0.05) is 53.5 Å². The van der Waals surface area contributed by atoms with Crippen molar-refractivity contribution in [3.63, 3.8) is 0 Å². The summed E-state index contributed by atoms with van der Waals surface area (Å²) in [6.07, 6.45) is 2.26. The summed E-state index contributed by atoms with van der Waals surface area (Å²) in [5.74, 6) is -0.225. The molecule has 1 saturated heterocycles. The van der Waals surface area contributed by atoms with Gasteiger partial charge in [0.2, 0.25) is 11.8 Å². The van der Waals surface area contributed by atoms with E-state index in [1.165, 1.54) is 11.8 Å². The fourth-order valence-electron chi connectivity index (χ4n) is 5.33. The molecule has 3 aromatic carbocycles. The summed E-state index contributed by atoms with van der Waals surface area (Å²) in [4.78, 5) is 43.5. The fourth-order valence-corrected chi connectivity index (χ4v) is 5.64. The van der Waals surface area contributed by atoms with E-state index in [2.05, 4.69) is 16.3 Å². The Labute approximate surface area is 249 Å². The first kappa shape index (κ1) is 28.9. The number of nitrogens with zero attached hydrogens (tertiary/aromatic N) is 3. The molecule has 0 spiro atoms. The predicted molar refractivity (Wildman–Crippen MR) is 162 cm³/mol. The van der Waals surface area contributed by atoms with Crippen LogP contribution >= 0.6 is 23.2 Å². The number of benzene rings is 3. The molecule has 8 nitrogen and oxygen atoms in total. The summed E-state index contributed by atoms with van der Waals surface area (Å²) in [5.41, 5.74) is 4.17. The SMILES string of the molecule is CC(=O)Nc1ccc(-c2cccc(C(CN3CCCC3)N(C)C(=O)CN3C(=O)COc4cc(Cl)c(Cl)cc43)c2)cc1. The number of hydrogen-bond donors (Lipinski definition) is 1. The molecule has 0 aromatic heterocycles. The van der Waals surface area contributed by atoms with Gasteiger partial charge in [-0.3, -0.25) is 19.3 Å². The second-order valence-corrected chi connectivity index (χ2v) is 11.2. The Balaban J connectivity index is 1.41. The Morgan fingerprint density at radius 1 is 1.00 bits per heavy atom. The van der Waals surface area contributed by atoms with Crippen LogP contribution in [0.25, 0.3) is 11.1 Å². The van der Waals surface area contributed by atoms with E-state index in [0.717, 1.165) is 48.3 Å². The van der Waals surface area contributed by atoms with Crippen molar-refractivity contribution in [3.05, 3.63) is 76.3 Å². The first-order valence-corrected chi connectivity index (χ1v) is 14.3. The van der Waals surface area contributed by atoms with E-state index in [4.69, 9.17) is 27.9 Å². The van der Waals surface area contributed by atoms with E-state index in [9.17, 15) is 14.4 Å². The van der Waals surface area contributed by atoms with E-state index in [1.807, 2.05) is 42.5 Å². The number of ether oxygens (including phenoxy) is 1. The molecular weight excluding hydrogens is 563 g/mol. The van der Waals surface area contributed by atoms with Crippen LogP contribution in [-0.2, 0) is 14.4 Å². The van der Waals surface area contributed by atoms with Crippen molar-refractivity contribution in [1.82, 2.24) is 9.80 Å². The number of hydrogen-bond acceptors (Lipinski definition) is 5. The van der Waals surface area contributed by atoms with Crippen LogP contribution in [0.1, 0.15) is 31.4 Å². The molecule has 214 valence electrons. The molecule has 2 aliphatic rings. The van der Waals surface area contributed by atoms with E-state index in [-0.39, 0.29) is 41.9 Å². The number of fused-ring (bicyclic) bond motifs is 1. The van der Waals surface area contributed by atoms with Gasteiger partial charge in [-0.25, -0.2) is 0 Å². The van der Waals surface area contributed by atoms with Crippen LogP contribution in [-0.4, -0.2) is 67.4 Å². The molecule has 0 aliphatic carbocycles. The highest BCUT2D eigenvalue weighted by atomic mass is 35.5. The van der Waals surface area contributed by atoms with Gasteiger partial charge >= 0.3 is 0 Å². The highest BCUT2D eigenvalue weighted by molar-refractivity contribution is 6.42. The zero-order valence-corrected chi connectivity index (χ0v) is 24.5. The minimum Gasteiger partial charge on any atom is -0.482 e. The van der Waals surface area contributed by atoms with Crippen LogP contribution < -0.4 is 15.0 Å². The Bertz CT molecular complexity index is 1460. The van der Waals surface area contributed by atoms with Gasteiger partial charge in [0.1, 0.15) is 12.3 Å². The molecule has 41 heavy (non-hydrogen) atoms. The zero-order chi connectivity index (χ0) is 29.1. The lowest BCUT2D eigenvalue weighted by molar-refractivity contribution is -0.133. The number of rotatable bonds is 8. The first-order valence-electron chi connectivity index (χ1n) is 13.6. The minimum atomic E-state index is -0.321. The monoisotopic (exact) mass is 594 g/mol. The third-order valence-corrected chi connectivity index (χ3v) is 8.26. The summed E-state index contributed by atoms with van der Waals surface area (Å²) in [5, 5.41) is 3.39. The van der Waals surface area contributed by atoms with E-state index in [1.54, 1.807) is 24.1 Å². The molecular formula is C31H32Cl2N4O4. The Hall–Kier alpha value is -3.59. The van der Waals surface area contributed by atoms with Gasteiger partial charge in [0.15, 0.2) is 6.61 Å². The second-order valence-electron chi connectivity index (χ2n) is 10.4. The van der Waals surface area contributed by atoms with Gasteiger partial charge in [0.25, 0.3) is 5.91 Å². The average Bonchev–Trinajstić information content (AvgIpc) is 3.47. The molecule has 5 rings (SSSR count). The molecule has 1 unspecified atom stereocenters. The number of amides is 3. The molecule has 3 amide bonds. The lowest BCUT2D eigenvalue weighted by Crippen LogP contribution is -2.47. The largest absolute Gasteiger partial charge is 0.482 e. The van der Waals surface area contributed by atoms with Gasteiger partial charge in [-0.05, 0) is 66.9 Å². The molecule has 0 radical (unpaired) electrons. The highest BCUT2D eigenvalue weighted by Gasteiger charge is 2.32. The Morgan fingerprint density at radius 3 is 2.41 bits per heavy atom. The van der Waals surface area contributed by atoms with Crippen LogP contribution in [0.3, 0.4) is 0 Å². The van der Waals surface area contributed by atoms with Crippen molar-refractivity contribution in [1.29, 1.82) is 0 Å². The molecule has 1 N–H and O–H groups in total. The standard InChI is InChI=1S/C31H32Cl2N4O4/c1-20(38)34-24-10-8-21(9-11-24)22-6-5-7-23(14-22)28(17-36-12-3-4-13-36)35(2)30(39)18-37-27-15-25(32)26(33)16-29(27)41-19-31(37)40/h5-11,14-16,28H,3-4,12-13,17-19H2,1-2H3,(H,34,38). The van der Waals surface area contributed by atoms with Gasteiger partial charge in [-0.2, -0.15) is 0 Å². The number of carbonyl (C=O) groups excluding carboxylic acids is 3. The van der Waals surface area contributed by atoms with Gasteiger partial charge in [0.05, 0.1) is 21.8 Å². The van der Waals surface area contributed by atoms with E-state index < -0.39 is 0 Å². The smallest absolute Gasteiger partial charge is 0.265 e. The summed E-state index contributed by atoms with van der Waals surface area (Å²) in [7, 11) is 1.79. The number of anilines is 2. The van der Waals surface area contributed by atoms with Gasteiger partial charge < -0.3 is 19.9 Å². The quantitative estimate of drug-likeness (QED) is 0.365. The second kappa shape index (κ2) is 12.5. The van der Waals surface area contributed by atoms with Gasteiger partial charge in [-0.15, -0.1) is 0 Å². The van der Waals surface area contributed by atoms with Crippen molar-refractivity contribution < 1.29 is 19.1 Å². The average molecular weight is 596 g/mol. The van der Waals surface area contributed by atoms with Crippen molar-refractivity contribution in [2.75, 3.05) is 50.1 Å². The van der Waals surface area contributed by atoms with E-state index >= 15 is 0 Å². The summed E-state index contributed by atoms with van der Waals surface area (Å²) in [6.45, 7) is 3.80. The van der Waals surface area contributed by atoms with Crippen molar-refractivity contribution in [2.24, 2.45) is 0 Å². The molecule has 1 fully saturated rings. The maximum Gasteiger partial charge on any atom is 0.265 e. The lowest BCUT2D eigenvalue weighted by Gasteiger charge is -2.35. The van der Waals surface area contributed by atoms with Crippen LogP contribution in [0.15, 0.2) is 60.7 Å². The molecule has 0 saturated carbocycles. The summed E-state index contributed by atoms with van der Waals surface area (Å²) < 4.78 is 5.54. The van der Waals surface area contributed by atoms with Crippen molar-refractivity contribution in [3.8, 4) is 16.9 Å². The normalized spacial score (nSPS) is 15.7. The Kier molecular flexibility index (Phi) is 8.82.